The summed E-state index contributed by atoms with van der Waals surface area (Å²) in [5.41, 5.74) is 0.616. The van der Waals surface area contributed by atoms with Crippen LogP contribution in [0.5, 0.6) is 0 Å². The fourth-order valence-electron chi connectivity index (χ4n) is 0.883. The van der Waals surface area contributed by atoms with Gasteiger partial charge in [-0.2, -0.15) is 10.2 Å². The minimum absolute atomic E-state index is 0.334. The first kappa shape index (κ1) is 10.7. The van der Waals surface area contributed by atoms with Crippen LogP contribution in [0.4, 0.5) is 0 Å². The summed E-state index contributed by atoms with van der Waals surface area (Å²) in [5.74, 6) is 0.726. The van der Waals surface area contributed by atoms with Crippen LogP contribution in [0.25, 0.3) is 0 Å². The molecule has 0 aliphatic rings. The van der Waals surface area contributed by atoms with E-state index in [1.165, 1.54) is 0 Å². The Balaban J connectivity index is 2.78. The van der Waals surface area contributed by atoms with Crippen molar-refractivity contribution in [2.24, 2.45) is 17.3 Å². The van der Waals surface area contributed by atoms with Gasteiger partial charge in [0.25, 0.3) is 5.90 Å². The number of alkyl halides is 1. The van der Waals surface area contributed by atoms with Crippen molar-refractivity contribution in [1.29, 1.82) is 0 Å². The average Bonchev–Trinajstić information content (AvgIpc) is 2.59. The fourth-order valence-corrected chi connectivity index (χ4v) is 0.960. The van der Waals surface area contributed by atoms with Crippen molar-refractivity contribution in [1.82, 2.24) is 9.78 Å². The molecule has 5 nitrogen and oxygen atoms in total. The molecular weight excluding hydrogens is 204 g/mol. The summed E-state index contributed by atoms with van der Waals surface area (Å²) in [5, 5.41) is 11.2. The smallest absolute Gasteiger partial charge is 0.261 e. The number of aromatic nitrogens is 2. The highest BCUT2D eigenvalue weighted by atomic mass is 35.5. The Kier molecular flexibility index (Phi) is 4.12. The molecule has 0 aliphatic heterocycles. The molecule has 6 heteroatoms. The topological polar surface area (TPSA) is 51.8 Å². The Labute approximate surface area is 87.0 Å². The minimum Gasteiger partial charge on any atom is -0.474 e. The number of aryl methyl sites for hydroxylation is 1. The van der Waals surface area contributed by atoms with E-state index in [-0.39, 0.29) is 0 Å². The van der Waals surface area contributed by atoms with Crippen LogP contribution in [-0.2, 0) is 11.8 Å². The van der Waals surface area contributed by atoms with Crippen molar-refractivity contribution >= 4 is 24.2 Å². The normalized spacial score (nSPS) is 11.4. The molecule has 1 rings (SSSR count). The van der Waals surface area contributed by atoms with Crippen LogP contribution >= 0.6 is 11.6 Å². The quantitative estimate of drug-likeness (QED) is 0.326. The van der Waals surface area contributed by atoms with Gasteiger partial charge in [-0.25, -0.2) is 0 Å². The molecule has 0 saturated heterocycles. The van der Waals surface area contributed by atoms with E-state index >= 15 is 0 Å². The van der Waals surface area contributed by atoms with Crippen LogP contribution in [0.15, 0.2) is 22.5 Å². The van der Waals surface area contributed by atoms with Crippen LogP contribution in [0.2, 0.25) is 0 Å². The van der Waals surface area contributed by atoms with Crippen molar-refractivity contribution in [3.63, 3.8) is 0 Å². The van der Waals surface area contributed by atoms with Crippen molar-refractivity contribution in [2.45, 2.75) is 0 Å². The first-order chi connectivity index (χ1) is 6.77. The summed E-state index contributed by atoms with van der Waals surface area (Å²) in [7, 11) is 1.81. The first-order valence-electron chi connectivity index (χ1n) is 4.00. The lowest BCUT2D eigenvalue weighted by atomic mass is 10.4. The monoisotopic (exact) mass is 214 g/mol. The number of rotatable bonds is 4. The van der Waals surface area contributed by atoms with Crippen molar-refractivity contribution < 1.29 is 4.74 Å². The molecule has 0 unspecified atom stereocenters. The molecule has 0 fully saturated rings. The lowest BCUT2D eigenvalue weighted by Gasteiger charge is -2.02. The summed E-state index contributed by atoms with van der Waals surface area (Å²) >= 11 is 5.49. The van der Waals surface area contributed by atoms with E-state index in [1.54, 1.807) is 16.9 Å². The van der Waals surface area contributed by atoms with Gasteiger partial charge in [0.05, 0.1) is 5.88 Å². The van der Waals surface area contributed by atoms with E-state index in [9.17, 15) is 0 Å². The van der Waals surface area contributed by atoms with Gasteiger partial charge in [0.15, 0.2) is 0 Å². The Hall–Kier alpha value is -1.36. The molecule has 0 N–H and O–H groups in total. The molecule has 0 aliphatic carbocycles. The molecule has 1 aromatic heterocycles. The van der Waals surface area contributed by atoms with Crippen LogP contribution in [-0.4, -0.2) is 34.9 Å². The van der Waals surface area contributed by atoms with E-state index in [0.717, 1.165) is 0 Å². The van der Waals surface area contributed by atoms with E-state index in [1.807, 2.05) is 7.05 Å². The highest BCUT2D eigenvalue weighted by Gasteiger charge is 2.07. The van der Waals surface area contributed by atoms with Gasteiger partial charge in [0, 0.05) is 20.0 Å². The Morgan fingerprint density at radius 2 is 2.57 bits per heavy atom. The van der Waals surface area contributed by atoms with Gasteiger partial charge in [0.2, 0.25) is 0 Å². The molecule has 0 aromatic carbocycles. The third-order valence-electron chi connectivity index (χ3n) is 1.41. The number of hydrogen-bond donors (Lipinski definition) is 0. The summed E-state index contributed by atoms with van der Waals surface area (Å²) in [6.45, 7) is 3.62. The maximum Gasteiger partial charge on any atom is 0.261 e. The molecule has 1 heterocycles. The van der Waals surface area contributed by atoms with Gasteiger partial charge >= 0.3 is 0 Å². The molecule has 0 saturated carbocycles. The number of halogens is 1. The largest absolute Gasteiger partial charge is 0.474 e. The van der Waals surface area contributed by atoms with Gasteiger partial charge in [0.1, 0.15) is 12.3 Å². The van der Waals surface area contributed by atoms with Gasteiger partial charge in [-0.1, -0.05) is 0 Å². The Morgan fingerprint density at radius 1 is 1.79 bits per heavy atom. The third kappa shape index (κ3) is 2.85. The minimum atomic E-state index is 0.334. The first-order valence-corrected chi connectivity index (χ1v) is 4.54. The molecule has 76 valence electrons. The highest BCUT2D eigenvalue weighted by molar-refractivity contribution is 6.18. The zero-order valence-corrected chi connectivity index (χ0v) is 8.61. The van der Waals surface area contributed by atoms with E-state index in [0.29, 0.717) is 24.1 Å². The third-order valence-corrected chi connectivity index (χ3v) is 1.56. The summed E-state index contributed by atoms with van der Waals surface area (Å²) in [6, 6.07) is 1.78. The highest BCUT2D eigenvalue weighted by Crippen LogP contribution is 2.00. The van der Waals surface area contributed by atoms with Gasteiger partial charge in [-0.3, -0.25) is 4.68 Å². The number of ether oxygens (including phenoxy) is 1. The lowest BCUT2D eigenvalue weighted by molar-refractivity contribution is 0.328. The fraction of sp³-hybridized carbons (Fsp3) is 0.375. The second-order valence-corrected chi connectivity index (χ2v) is 2.84. The zero-order chi connectivity index (χ0) is 10.4. The molecule has 0 bridgehead atoms. The molecule has 0 amide bonds. The van der Waals surface area contributed by atoms with Crippen LogP contribution in [0, 0.1) is 0 Å². The number of hydrogen-bond acceptors (Lipinski definition) is 4. The maximum absolute atomic E-state index is 5.49. The van der Waals surface area contributed by atoms with Gasteiger partial charge < -0.3 is 4.74 Å². The van der Waals surface area contributed by atoms with Crippen LogP contribution in [0.3, 0.4) is 0 Å². The molecule has 1 aromatic rings. The SMILES string of the molecule is C=N/N=C(\OCCCl)c1ccn(C)n1. The summed E-state index contributed by atoms with van der Waals surface area (Å²) in [4.78, 5) is 0. The Morgan fingerprint density at radius 3 is 3.07 bits per heavy atom. The zero-order valence-electron chi connectivity index (χ0n) is 7.85. The molecule has 14 heavy (non-hydrogen) atoms. The van der Waals surface area contributed by atoms with E-state index < -0.39 is 0 Å². The molecule has 0 radical (unpaired) electrons. The van der Waals surface area contributed by atoms with E-state index in [4.69, 9.17) is 16.3 Å². The molecule has 0 spiro atoms. The molecule has 0 atom stereocenters. The van der Waals surface area contributed by atoms with Crippen molar-refractivity contribution in [2.75, 3.05) is 12.5 Å². The lowest BCUT2D eigenvalue weighted by Crippen LogP contribution is -2.09. The van der Waals surface area contributed by atoms with Gasteiger partial charge in [-0.05, 0) is 6.07 Å². The second kappa shape index (κ2) is 5.39. The standard InChI is InChI=1S/C8H11ClN4O/c1-10-11-8(14-6-4-9)7-3-5-13(2)12-7/h3,5H,1,4,6H2,2H3/b11-8-. The summed E-state index contributed by atoms with van der Waals surface area (Å²) < 4.78 is 6.89. The van der Waals surface area contributed by atoms with Crippen LogP contribution < -0.4 is 0 Å². The average molecular weight is 215 g/mol. The van der Waals surface area contributed by atoms with Crippen molar-refractivity contribution in [3.05, 3.63) is 18.0 Å². The van der Waals surface area contributed by atoms with Gasteiger partial charge in [-0.15, -0.1) is 16.7 Å². The predicted octanol–water partition coefficient (Wildman–Crippen LogP) is 1.04. The summed E-state index contributed by atoms with van der Waals surface area (Å²) in [6.07, 6.45) is 1.79. The van der Waals surface area contributed by atoms with Crippen molar-refractivity contribution in [3.8, 4) is 0 Å². The number of nitrogens with zero attached hydrogens (tertiary/aromatic N) is 4. The predicted molar refractivity (Wildman–Crippen MR) is 56.0 cm³/mol. The van der Waals surface area contributed by atoms with Crippen LogP contribution in [0.1, 0.15) is 5.69 Å². The second-order valence-electron chi connectivity index (χ2n) is 2.46. The van der Waals surface area contributed by atoms with E-state index in [2.05, 4.69) is 22.0 Å². The molecular formula is C8H11ClN4O. The maximum atomic E-state index is 5.49. The Bertz CT molecular complexity index is 334.